The number of rotatable bonds is 2. The Hall–Kier alpha value is -1.30. The molecule has 3 rings (SSSR count). The molecule has 0 radical (unpaired) electrons. The molecule has 1 aliphatic carbocycles. The maximum atomic E-state index is 5.84. The zero-order valence-corrected chi connectivity index (χ0v) is 13.2. The van der Waals surface area contributed by atoms with Crippen molar-refractivity contribution < 1.29 is 0 Å². The van der Waals surface area contributed by atoms with Gasteiger partial charge in [-0.1, -0.05) is 68.9 Å². The van der Waals surface area contributed by atoms with E-state index < -0.39 is 0 Å². The molecule has 1 aliphatic heterocycles. The fraction of sp³-hybridized carbons (Fsp3) is 0.579. The van der Waals surface area contributed by atoms with Crippen molar-refractivity contribution in [2.45, 2.75) is 57.5 Å². The standard InChI is InChI=1S/C11H16N2.C6H12.C2H2/c12-11-6-7-13(9-11)8-10-4-2-1-3-5-10;1-2-4-6-5-3-1;1-2/h1-5,11H,6-9,12H2;1-6H2;1-2H. The van der Waals surface area contributed by atoms with Crippen LogP contribution in [0.5, 0.6) is 0 Å². The van der Waals surface area contributed by atoms with Crippen LogP contribution in [-0.4, -0.2) is 24.0 Å². The average Bonchev–Trinajstić information content (AvgIpc) is 2.98. The van der Waals surface area contributed by atoms with Gasteiger partial charge in [0.05, 0.1) is 0 Å². The molecule has 1 aromatic carbocycles. The van der Waals surface area contributed by atoms with Crippen LogP contribution in [-0.2, 0) is 6.54 Å². The van der Waals surface area contributed by atoms with Gasteiger partial charge in [-0.3, -0.25) is 4.90 Å². The predicted octanol–water partition coefficient (Wildman–Crippen LogP) is 3.81. The smallest absolute Gasteiger partial charge is 0.0234 e. The molecule has 2 N–H and O–H groups in total. The Morgan fingerprint density at radius 2 is 1.48 bits per heavy atom. The van der Waals surface area contributed by atoms with E-state index in [-0.39, 0.29) is 0 Å². The molecule has 1 heterocycles. The van der Waals surface area contributed by atoms with Crippen LogP contribution < -0.4 is 5.73 Å². The van der Waals surface area contributed by atoms with Crippen LogP contribution in [0, 0.1) is 12.8 Å². The number of hydrogen-bond acceptors (Lipinski definition) is 2. The normalized spacial score (nSPS) is 21.6. The first-order valence-electron chi connectivity index (χ1n) is 8.20. The maximum Gasteiger partial charge on any atom is 0.0234 e. The van der Waals surface area contributed by atoms with E-state index >= 15 is 0 Å². The van der Waals surface area contributed by atoms with Gasteiger partial charge >= 0.3 is 0 Å². The van der Waals surface area contributed by atoms with Crippen molar-refractivity contribution in [2.75, 3.05) is 13.1 Å². The second kappa shape index (κ2) is 11.4. The van der Waals surface area contributed by atoms with E-state index in [0.717, 1.165) is 26.1 Å². The number of nitrogens with zero attached hydrogens (tertiary/aromatic N) is 1. The first kappa shape index (κ1) is 17.8. The van der Waals surface area contributed by atoms with E-state index in [4.69, 9.17) is 5.73 Å². The molecular formula is C19H30N2. The highest BCUT2D eigenvalue weighted by atomic mass is 15.2. The Morgan fingerprint density at radius 1 is 0.952 bits per heavy atom. The fourth-order valence-corrected chi connectivity index (χ4v) is 2.91. The zero-order valence-electron chi connectivity index (χ0n) is 13.2. The minimum Gasteiger partial charge on any atom is -0.326 e. The van der Waals surface area contributed by atoms with Crippen molar-refractivity contribution in [3.63, 3.8) is 0 Å². The van der Waals surface area contributed by atoms with Gasteiger partial charge in [0.1, 0.15) is 0 Å². The summed E-state index contributed by atoms with van der Waals surface area (Å²) in [6, 6.07) is 11.0. The Balaban J connectivity index is 0.000000231. The lowest BCUT2D eigenvalue weighted by Gasteiger charge is -2.14. The molecular weight excluding hydrogens is 256 g/mol. The topological polar surface area (TPSA) is 29.3 Å². The van der Waals surface area contributed by atoms with E-state index in [1.807, 2.05) is 0 Å². The average molecular weight is 286 g/mol. The highest BCUT2D eigenvalue weighted by Crippen LogP contribution is 2.15. The van der Waals surface area contributed by atoms with Gasteiger partial charge in [-0.2, -0.15) is 0 Å². The van der Waals surface area contributed by atoms with Gasteiger partial charge in [0.2, 0.25) is 0 Å². The second-order valence-electron chi connectivity index (χ2n) is 5.89. The molecule has 0 aromatic heterocycles. The SMILES string of the molecule is C#C.C1CCCCC1.NC1CCN(Cc2ccccc2)C1. The molecule has 2 fully saturated rings. The van der Waals surface area contributed by atoms with E-state index in [1.54, 1.807) is 0 Å². The molecule has 0 spiro atoms. The molecule has 1 aromatic rings. The third-order valence-electron chi connectivity index (χ3n) is 4.06. The Morgan fingerprint density at radius 3 is 1.90 bits per heavy atom. The molecule has 2 heteroatoms. The quantitative estimate of drug-likeness (QED) is 0.838. The summed E-state index contributed by atoms with van der Waals surface area (Å²) in [4.78, 5) is 2.42. The van der Waals surface area contributed by atoms with Crippen molar-refractivity contribution in [2.24, 2.45) is 5.73 Å². The number of likely N-dealkylation sites (tertiary alicyclic amines) is 1. The second-order valence-corrected chi connectivity index (χ2v) is 5.89. The lowest BCUT2D eigenvalue weighted by atomic mass is 10.0. The van der Waals surface area contributed by atoms with Crippen LogP contribution >= 0.6 is 0 Å². The maximum absolute atomic E-state index is 5.84. The number of hydrogen-bond donors (Lipinski definition) is 1. The van der Waals surface area contributed by atoms with Gasteiger partial charge in [0.15, 0.2) is 0 Å². The lowest BCUT2D eigenvalue weighted by molar-refractivity contribution is 0.327. The van der Waals surface area contributed by atoms with Gasteiger partial charge in [0, 0.05) is 25.7 Å². The zero-order chi connectivity index (χ0) is 15.3. The Labute approximate surface area is 130 Å². The number of nitrogens with two attached hydrogens (primary N) is 1. The van der Waals surface area contributed by atoms with Crippen molar-refractivity contribution in [1.82, 2.24) is 4.90 Å². The third kappa shape index (κ3) is 7.90. The highest BCUT2D eigenvalue weighted by Gasteiger charge is 2.18. The minimum atomic E-state index is 0.392. The summed E-state index contributed by atoms with van der Waals surface area (Å²) in [5.41, 5.74) is 7.22. The summed E-state index contributed by atoms with van der Waals surface area (Å²) in [5.74, 6) is 0. The van der Waals surface area contributed by atoms with Gasteiger partial charge in [-0.25, -0.2) is 0 Å². The van der Waals surface area contributed by atoms with Crippen LogP contribution in [0.15, 0.2) is 30.3 Å². The molecule has 1 unspecified atom stereocenters. The van der Waals surface area contributed by atoms with Crippen LogP contribution in [0.2, 0.25) is 0 Å². The van der Waals surface area contributed by atoms with Crippen LogP contribution in [0.25, 0.3) is 0 Å². The summed E-state index contributed by atoms with van der Waals surface area (Å²) in [5, 5.41) is 0. The molecule has 2 aliphatic rings. The molecule has 1 saturated heterocycles. The van der Waals surface area contributed by atoms with Crippen molar-refractivity contribution in [1.29, 1.82) is 0 Å². The number of terminal acetylenes is 1. The Bertz CT molecular complexity index is 356. The molecule has 1 atom stereocenters. The number of benzene rings is 1. The van der Waals surface area contributed by atoms with Gasteiger partial charge < -0.3 is 5.73 Å². The molecule has 0 amide bonds. The first-order valence-corrected chi connectivity index (χ1v) is 8.20. The third-order valence-corrected chi connectivity index (χ3v) is 4.06. The minimum absolute atomic E-state index is 0.392. The molecule has 1 saturated carbocycles. The Kier molecular flexibility index (Phi) is 9.61. The van der Waals surface area contributed by atoms with E-state index in [1.165, 1.54) is 44.1 Å². The van der Waals surface area contributed by atoms with Crippen molar-refractivity contribution in [3.05, 3.63) is 35.9 Å². The molecule has 2 nitrogen and oxygen atoms in total. The summed E-state index contributed by atoms with van der Waals surface area (Å²) in [7, 11) is 0. The van der Waals surface area contributed by atoms with Crippen LogP contribution in [0.3, 0.4) is 0 Å². The van der Waals surface area contributed by atoms with E-state index in [9.17, 15) is 0 Å². The van der Waals surface area contributed by atoms with Crippen LogP contribution in [0.4, 0.5) is 0 Å². The first-order chi connectivity index (χ1) is 10.3. The predicted molar refractivity (Wildman–Crippen MR) is 91.9 cm³/mol. The van der Waals surface area contributed by atoms with E-state index in [2.05, 4.69) is 48.1 Å². The summed E-state index contributed by atoms with van der Waals surface area (Å²) in [6.07, 6.45) is 18.1. The highest BCUT2D eigenvalue weighted by molar-refractivity contribution is 5.14. The lowest BCUT2D eigenvalue weighted by Crippen LogP contribution is -2.26. The molecule has 21 heavy (non-hydrogen) atoms. The van der Waals surface area contributed by atoms with E-state index in [0.29, 0.717) is 6.04 Å². The summed E-state index contributed by atoms with van der Waals surface area (Å²) in [6.45, 7) is 3.25. The van der Waals surface area contributed by atoms with Gasteiger partial charge in [-0.15, -0.1) is 12.8 Å². The molecule has 116 valence electrons. The van der Waals surface area contributed by atoms with Gasteiger partial charge in [-0.05, 0) is 12.0 Å². The van der Waals surface area contributed by atoms with Crippen molar-refractivity contribution >= 4 is 0 Å². The summed E-state index contributed by atoms with van der Waals surface area (Å²) >= 11 is 0. The van der Waals surface area contributed by atoms with Crippen molar-refractivity contribution in [3.8, 4) is 12.8 Å². The molecule has 0 bridgehead atoms. The monoisotopic (exact) mass is 286 g/mol. The van der Waals surface area contributed by atoms with Gasteiger partial charge in [0.25, 0.3) is 0 Å². The fourth-order valence-electron chi connectivity index (χ4n) is 2.91. The van der Waals surface area contributed by atoms with Crippen LogP contribution in [0.1, 0.15) is 50.5 Å². The summed E-state index contributed by atoms with van der Waals surface area (Å²) < 4.78 is 0. The largest absolute Gasteiger partial charge is 0.326 e.